The number of halogens is 3. The topological polar surface area (TPSA) is 118 Å². The molecule has 7 atom stereocenters. The molecule has 1 aromatic heterocycles. The van der Waals surface area contributed by atoms with Gasteiger partial charge in [0, 0.05) is 21.7 Å². The maximum absolute atomic E-state index is 14.1. The fourth-order valence-corrected chi connectivity index (χ4v) is 12.0. The number of alkyl halides is 3. The van der Waals surface area contributed by atoms with Crippen molar-refractivity contribution in [3.8, 4) is 11.5 Å². The number of hydrogen-bond acceptors (Lipinski definition) is 8. The van der Waals surface area contributed by atoms with Crippen molar-refractivity contribution in [2.24, 2.45) is 29.6 Å². The number of nitrogens with zero attached hydrogens (tertiary/aromatic N) is 1. The van der Waals surface area contributed by atoms with Gasteiger partial charge in [-0.05, 0) is 83.0 Å². The van der Waals surface area contributed by atoms with E-state index < -0.39 is 35.4 Å². The van der Waals surface area contributed by atoms with Gasteiger partial charge in [0.25, 0.3) is 5.91 Å². The number of aromatic nitrogens is 1. The molecule has 2 aliphatic carbocycles. The van der Waals surface area contributed by atoms with E-state index >= 15 is 0 Å². The van der Waals surface area contributed by atoms with E-state index in [4.69, 9.17) is 9.47 Å². The molecule has 0 spiro atoms. The van der Waals surface area contributed by atoms with E-state index in [1.807, 2.05) is 54.6 Å². The number of nitrogens with one attached hydrogen (secondary N) is 2. The number of hydrogen-bond donors (Lipinski definition) is 2. The number of carbonyl (C=O) groups excluding carboxylic acids is 3. The molecule has 4 aliphatic rings. The van der Waals surface area contributed by atoms with Crippen molar-refractivity contribution in [1.29, 1.82) is 0 Å². The fraction of sp³-hybridized carbons (Fsp3) is 0.282. The summed E-state index contributed by atoms with van der Waals surface area (Å²) < 4.78 is 52.4. The van der Waals surface area contributed by atoms with Crippen molar-refractivity contribution >= 4 is 63.0 Å². The summed E-state index contributed by atoms with van der Waals surface area (Å²) in [7, 11) is 1.49. The van der Waals surface area contributed by atoms with E-state index in [0.717, 1.165) is 49.6 Å². The molecule has 4 aromatic carbocycles. The van der Waals surface area contributed by atoms with Gasteiger partial charge in [-0.25, -0.2) is 0 Å². The smallest absolute Gasteiger partial charge is 0.416 e. The second-order valence-corrected chi connectivity index (χ2v) is 16.0. The normalized spacial score (nSPS) is 25.7. The monoisotopic (exact) mass is 757 g/mol. The van der Waals surface area contributed by atoms with E-state index in [1.165, 1.54) is 31.0 Å². The Hall–Kier alpha value is -5.08. The first kappa shape index (κ1) is 33.7. The lowest BCUT2D eigenvalue weighted by Crippen LogP contribution is -2.42. The molecule has 5 aromatic rings. The number of carbonyl (C=O) groups is 3. The first-order valence-electron chi connectivity index (χ1n) is 17.0. The van der Waals surface area contributed by atoms with Crippen LogP contribution in [-0.4, -0.2) is 41.7 Å². The SMILES string of the molecule is COc1cc([C@H]2c3sc(=O)[nH]c3SC3C2[C@H]2C[C@@H]3C3C(=O)N(c4cccc(C(F)(F)F)c4)C(=O)C32)ccc1OCC(=O)Nc1ccc2ccccc2c1. The number of thiazole rings is 1. The molecule has 2 saturated carbocycles. The Labute approximate surface area is 308 Å². The summed E-state index contributed by atoms with van der Waals surface area (Å²) in [6.07, 6.45) is -4.01. The van der Waals surface area contributed by atoms with Crippen LogP contribution in [0.15, 0.2) is 94.7 Å². The molecule has 2 bridgehead atoms. The lowest BCUT2D eigenvalue weighted by atomic mass is 9.68. The number of H-pyrrole nitrogens is 1. The number of anilines is 2. The summed E-state index contributed by atoms with van der Waals surface area (Å²) in [5.74, 6) is -2.86. The molecule has 3 amide bonds. The largest absolute Gasteiger partial charge is 0.493 e. The number of thioether (sulfide) groups is 1. The van der Waals surface area contributed by atoms with Crippen LogP contribution in [0, 0.1) is 29.6 Å². The Morgan fingerprint density at radius 3 is 2.45 bits per heavy atom. The van der Waals surface area contributed by atoms with E-state index in [2.05, 4.69) is 10.3 Å². The van der Waals surface area contributed by atoms with Crippen LogP contribution in [0.5, 0.6) is 11.5 Å². The van der Waals surface area contributed by atoms with Crippen molar-refractivity contribution in [3.63, 3.8) is 0 Å². The molecule has 3 fully saturated rings. The number of imide groups is 1. The quantitative estimate of drug-likeness (QED) is 0.167. The van der Waals surface area contributed by atoms with Crippen molar-refractivity contribution in [1.82, 2.24) is 4.98 Å². The first-order valence-corrected chi connectivity index (χ1v) is 18.7. The van der Waals surface area contributed by atoms with E-state index in [1.54, 1.807) is 6.07 Å². The highest BCUT2D eigenvalue weighted by molar-refractivity contribution is 8.00. The molecule has 4 unspecified atom stereocenters. The van der Waals surface area contributed by atoms with Crippen LogP contribution in [0.25, 0.3) is 10.8 Å². The number of rotatable bonds is 7. The lowest BCUT2D eigenvalue weighted by molar-refractivity contribution is -0.137. The van der Waals surface area contributed by atoms with Crippen molar-refractivity contribution in [2.75, 3.05) is 23.9 Å². The summed E-state index contributed by atoms with van der Waals surface area (Å²) in [5.41, 5.74) is 0.446. The Kier molecular flexibility index (Phi) is 7.96. The molecule has 2 aliphatic heterocycles. The molecular weight excluding hydrogens is 728 g/mol. The number of fused-ring (bicyclic) bond motifs is 10. The summed E-state index contributed by atoms with van der Waals surface area (Å²) in [6.45, 7) is -0.276. The lowest BCUT2D eigenvalue weighted by Gasteiger charge is -2.43. The van der Waals surface area contributed by atoms with Gasteiger partial charge in [0.1, 0.15) is 0 Å². The van der Waals surface area contributed by atoms with Crippen LogP contribution in [-0.2, 0) is 20.6 Å². The standard InChI is InChI=1S/C39H30F3N3O6S2/c1-50-27-14-20(10-12-26(27)51-17-28(46)43-22-11-9-18-5-2-3-6-19(18)13-22)29-30-24-16-25(33(30)52-35-34(29)53-38(49)44-35)32-31(24)36(47)45(37(32)48)23-8-4-7-21(15-23)39(40,41)42/h2-15,24-25,29-33H,16-17H2,1H3,(H,43,46)(H,44,49)/t24-,25-,29-,30?,31?,32?,33?/m1/s1. The van der Waals surface area contributed by atoms with Gasteiger partial charge in [-0.2, -0.15) is 13.2 Å². The predicted molar refractivity (Wildman–Crippen MR) is 193 cm³/mol. The molecule has 14 heteroatoms. The molecule has 53 heavy (non-hydrogen) atoms. The Bertz CT molecular complexity index is 2390. The predicted octanol–water partition coefficient (Wildman–Crippen LogP) is 7.31. The van der Waals surface area contributed by atoms with Crippen LogP contribution in [0.2, 0.25) is 0 Å². The molecule has 3 heterocycles. The zero-order chi connectivity index (χ0) is 36.8. The Morgan fingerprint density at radius 2 is 1.68 bits per heavy atom. The number of amides is 3. The average Bonchev–Trinajstić information content (AvgIpc) is 3.89. The zero-order valence-electron chi connectivity index (χ0n) is 27.9. The van der Waals surface area contributed by atoms with Crippen LogP contribution in [0.3, 0.4) is 0 Å². The van der Waals surface area contributed by atoms with E-state index in [-0.39, 0.29) is 52.0 Å². The van der Waals surface area contributed by atoms with Crippen LogP contribution in [0.1, 0.15) is 28.3 Å². The van der Waals surface area contributed by atoms with Gasteiger partial charge in [-0.1, -0.05) is 53.8 Å². The van der Waals surface area contributed by atoms with Gasteiger partial charge in [-0.15, -0.1) is 11.8 Å². The molecule has 1 saturated heterocycles. The minimum absolute atomic E-state index is 0.0782. The number of benzene rings is 4. The highest BCUT2D eigenvalue weighted by Crippen LogP contribution is 2.69. The maximum atomic E-state index is 14.1. The third kappa shape index (κ3) is 5.52. The molecule has 270 valence electrons. The minimum Gasteiger partial charge on any atom is -0.493 e. The second kappa shape index (κ2) is 12.5. The molecular formula is C39H30F3N3O6S2. The summed E-state index contributed by atoms with van der Waals surface area (Å²) in [5, 5.41) is 5.50. The number of ether oxygens (including phenoxy) is 2. The Morgan fingerprint density at radius 1 is 0.906 bits per heavy atom. The first-order chi connectivity index (χ1) is 25.5. The van der Waals surface area contributed by atoms with Gasteiger partial charge >= 0.3 is 11.0 Å². The summed E-state index contributed by atoms with van der Waals surface area (Å²) in [4.78, 5) is 58.1. The second-order valence-electron chi connectivity index (χ2n) is 13.8. The third-order valence-corrected chi connectivity index (χ3v) is 13.7. The minimum atomic E-state index is -4.63. The highest BCUT2D eigenvalue weighted by atomic mass is 32.2. The van der Waals surface area contributed by atoms with Crippen LogP contribution >= 0.6 is 23.1 Å². The Balaban J connectivity index is 0.990. The average molecular weight is 758 g/mol. The van der Waals surface area contributed by atoms with Crippen LogP contribution < -0.4 is 24.6 Å². The van der Waals surface area contributed by atoms with Crippen molar-refractivity contribution in [3.05, 3.63) is 111 Å². The van der Waals surface area contributed by atoms with Gasteiger partial charge in [0.2, 0.25) is 11.8 Å². The fourth-order valence-electron chi connectivity index (χ4n) is 9.07. The highest BCUT2D eigenvalue weighted by Gasteiger charge is 2.69. The van der Waals surface area contributed by atoms with Gasteiger partial charge in [-0.3, -0.25) is 24.1 Å². The maximum Gasteiger partial charge on any atom is 0.416 e. The van der Waals surface area contributed by atoms with Crippen LogP contribution in [0.4, 0.5) is 24.5 Å². The zero-order valence-corrected chi connectivity index (χ0v) is 29.5. The molecule has 9 nitrogen and oxygen atoms in total. The third-order valence-electron chi connectivity index (χ3n) is 11.1. The van der Waals surface area contributed by atoms with E-state index in [0.29, 0.717) is 28.6 Å². The van der Waals surface area contributed by atoms with Crippen molar-refractivity contribution in [2.45, 2.75) is 28.8 Å². The van der Waals surface area contributed by atoms with E-state index in [9.17, 15) is 32.3 Å². The summed E-state index contributed by atoms with van der Waals surface area (Å²) in [6, 6.07) is 23.2. The summed E-state index contributed by atoms with van der Waals surface area (Å²) >= 11 is 2.62. The number of methoxy groups -OCH3 is 1. The number of aromatic amines is 1. The van der Waals surface area contributed by atoms with Gasteiger partial charge in [0.15, 0.2) is 18.1 Å². The molecule has 2 N–H and O–H groups in total. The molecule has 9 rings (SSSR count). The van der Waals surface area contributed by atoms with Gasteiger partial charge in [0.05, 0.1) is 35.2 Å². The molecule has 0 radical (unpaired) electrons. The van der Waals surface area contributed by atoms with Crippen molar-refractivity contribution < 1.29 is 37.0 Å². The van der Waals surface area contributed by atoms with Gasteiger partial charge < -0.3 is 19.8 Å².